The van der Waals surface area contributed by atoms with Crippen LogP contribution in [-0.2, 0) is 6.54 Å². The zero-order valence-electron chi connectivity index (χ0n) is 13.9. The molecule has 0 aromatic carbocycles. The molecule has 0 spiro atoms. The van der Waals surface area contributed by atoms with E-state index < -0.39 is 0 Å². The molecule has 0 aliphatic carbocycles. The van der Waals surface area contributed by atoms with Crippen LogP contribution in [0.2, 0.25) is 0 Å². The molecule has 0 radical (unpaired) electrons. The highest BCUT2D eigenvalue weighted by atomic mass is 16.2. The number of likely N-dealkylation sites (tertiary alicyclic amines) is 1. The van der Waals surface area contributed by atoms with Gasteiger partial charge in [0, 0.05) is 33.0 Å². The fourth-order valence-corrected chi connectivity index (χ4v) is 3.02. The summed E-state index contributed by atoms with van der Waals surface area (Å²) < 4.78 is 1.93. The number of amides is 1. The third kappa shape index (κ3) is 3.36. The van der Waals surface area contributed by atoms with E-state index in [9.17, 15) is 4.79 Å². The van der Waals surface area contributed by atoms with Crippen LogP contribution in [0.4, 0.5) is 5.82 Å². The Morgan fingerprint density at radius 1 is 1.35 bits per heavy atom. The van der Waals surface area contributed by atoms with Crippen molar-refractivity contribution >= 4 is 11.7 Å². The quantitative estimate of drug-likeness (QED) is 0.866. The highest BCUT2D eigenvalue weighted by Crippen LogP contribution is 2.22. The summed E-state index contributed by atoms with van der Waals surface area (Å²) in [5, 5.41) is 4.34. The molecule has 2 aromatic heterocycles. The molecule has 1 saturated heterocycles. The molecule has 1 aliphatic rings. The maximum Gasteiger partial charge on any atom is 0.255 e. The predicted octanol–water partition coefficient (Wildman–Crippen LogP) is 1.96. The van der Waals surface area contributed by atoms with Gasteiger partial charge < -0.3 is 9.80 Å². The van der Waals surface area contributed by atoms with E-state index in [1.165, 1.54) is 0 Å². The van der Waals surface area contributed by atoms with Crippen LogP contribution in [0.15, 0.2) is 30.7 Å². The molecule has 6 nitrogen and oxygen atoms in total. The number of carbonyl (C=O) groups excluding carboxylic acids is 1. The maximum atomic E-state index is 12.8. The van der Waals surface area contributed by atoms with Crippen molar-refractivity contribution in [2.24, 2.45) is 0 Å². The van der Waals surface area contributed by atoms with E-state index in [1.54, 1.807) is 6.20 Å². The van der Waals surface area contributed by atoms with E-state index in [0.29, 0.717) is 5.56 Å². The van der Waals surface area contributed by atoms with Gasteiger partial charge in [0.15, 0.2) is 0 Å². The molecule has 3 rings (SSSR count). The van der Waals surface area contributed by atoms with Crippen molar-refractivity contribution in [1.82, 2.24) is 19.7 Å². The second kappa shape index (κ2) is 6.40. The number of rotatable bonds is 4. The molecule has 23 heavy (non-hydrogen) atoms. The van der Waals surface area contributed by atoms with Gasteiger partial charge in [0.05, 0.1) is 24.3 Å². The second-order valence-corrected chi connectivity index (χ2v) is 6.33. The number of carbonyl (C=O) groups is 1. The Kier molecular flexibility index (Phi) is 4.32. The zero-order valence-corrected chi connectivity index (χ0v) is 13.9. The number of aromatic nitrogens is 3. The first-order valence-corrected chi connectivity index (χ1v) is 7.98. The lowest BCUT2D eigenvalue weighted by Crippen LogP contribution is -2.38. The average Bonchev–Trinajstić information content (AvgIpc) is 3.16. The third-order valence-electron chi connectivity index (χ3n) is 4.25. The Morgan fingerprint density at radius 2 is 2.17 bits per heavy atom. The Bertz CT molecular complexity index is 677. The largest absolute Gasteiger partial charge is 0.363 e. The average molecular weight is 313 g/mol. The Hall–Kier alpha value is -2.37. The minimum atomic E-state index is 0.0641. The van der Waals surface area contributed by atoms with Gasteiger partial charge in [0.1, 0.15) is 5.82 Å². The fraction of sp³-hybridized carbons (Fsp3) is 0.471. The second-order valence-electron chi connectivity index (χ2n) is 6.33. The first-order chi connectivity index (χ1) is 11.0. The van der Waals surface area contributed by atoms with Gasteiger partial charge in [0.25, 0.3) is 5.91 Å². The van der Waals surface area contributed by atoms with Crippen molar-refractivity contribution < 1.29 is 4.79 Å². The number of hydrogen-bond donors (Lipinski definition) is 0. The van der Waals surface area contributed by atoms with E-state index in [1.807, 2.05) is 60.0 Å². The molecule has 0 bridgehead atoms. The highest BCUT2D eigenvalue weighted by molar-refractivity contribution is 5.94. The van der Waals surface area contributed by atoms with Gasteiger partial charge in [0.2, 0.25) is 0 Å². The van der Waals surface area contributed by atoms with Gasteiger partial charge >= 0.3 is 0 Å². The van der Waals surface area contributed by atoms with Crippen LogP contribution in [0, 0.1) is 6.92 Å². The molecular formula is C17H23N5O. The molecule has 1 atom stereocenters. The molecule has 0 N–H and O–H groups in total. The van der Waals surface area contributed by atoms with Crippen LogP contribution >= 0.6 is 0 Å². The van der Waals surface area contributed by atoms with Gasteiger partial charge in [-0.1, -0.05) is 0 Å². The van der Waals surface area contributed by atoms with Crippen LogP contribution < -0.4 is 4.90 Å². The summed E-state index contributed by atoms with van der Waals surface area (Å²) in [5.74, 6) is 0.917. The maximum absolute atomic E-state index is 12.8. The summed E-state index contributed by atoms with van der Waals surface area (Å²) in [6.07, 6.45) is 7.61. The number of anilines is 1. The fourth-order valence-electron chi connectivity index (χ4n) is 3.02. The van der Waals surface area contributed by atoms with Crippen molar-refractivity contribution in [2.75, 3.05) is 25.5 Å². The Morgan fingerprint density at radius 3 is 2.78 bits per heavy atom. The van der Waals surface area contributed by atoms with Crippen LogP contribution in [-0.4, -0.2) is 52.3 Å². The van der Waals surface area contributed by atoms with Gasteiger partial charge in [-0.05, 0) is 37.5 Å². The minimum absolute atomic E-state index is 0.0641. The van der Waals surface area contributed by atoms with Crippen LogP contribution in [0.25, 0.3) is 0 Å². The topological polar surface area (TPSA) is 54.3 Å². The number of aryl methyl sites for hydroxylation is 1. The third-order valence-corrected chi connectivity index (χ3v) is 4.25. The summed E-state index contributed by atoms with van der Waals surface area (Å²) in [5.41, 5.74) is 1.79. The van der Waals surface area contributed by atoms with E-state index >= 15 is 0 Å². The van der Waals surface area contributed by atoms with Gasteiger partial charge in [-0.15, -0.1) is 0 Å². The van der Waals surface area contributed by atoms with Gasteiger partial charge in [-0.2, -0.15) is 5.10 Å². The lowest BCUT2D eigenvalue weighted by molar-refractivity contribution is 0.0721. The normalized spacial score (nSPS) is 17.5. The first-order valence-electron chi connectivity index (χ1n) is 7.98. The molecule has 1 amide bonds. The summed E-state index contributed by atoms with van der Waals surface area (Å²) >= 11 is 0. The van der Waals surface area contributed by atoms with Crippen LogP contribution in [0.5, 0.6) is 0 Å². The molecule has 3 heterocycles. The smallest absolute Gasteiger partial charge is 0.255 e. The standard InChI is InChI=1S/C17H23N5O/c1-13-9-19-21(11-13)12-15-5-4-8-22(15)17(23)14-6-7-16(18-10-14)20(2)3/h6-7,9-11,15H,4-5,8,12H2,1-3H3/t15-/m1/s1. The van der Waals surface area contributed by atoms with Crippen molar-refractivity contribution in [3.05, 3.63) is 41.9 Å². The lowest BCUT2D eigenvalue weighted by Gasteiger charge is -2.25. The summed E-state index contributed by atoms with van der Waals surface area (Å²) in [6, 6.07) is 3.95. The molecule has 0 unspecified atom stereocenters. The van der Waals surface area contributed by atoms with Gasteiger partial charge in [-0.25, -0.2) is 4.98 Å². The summed E-state index contributed by atoms with van der Waals surface area (Å²) in [6.45, 7) is 3.58. The zero-order chi connectivity index (χ0) is 16.4. The minimum Gasteiger partial charge on any atom is -0.363 e. The van der Waals surface area contributed by atoms with Crippen LogP contribution in [0.1, 0.15) is 28.8 Å². The van der Waals surface area contributed by atoms with Crippen molar-refractivity contribution in [1.29, 1.82) is 0 Å². The molecule has 0 saturated carbocycles. The molecule has 1 aliphatic heterocycles. The number of pyridine rings is 1. The molecule has 1 fully saturated rings. The number of hydrogen-bond acceptors (Lipinski definition) is 4. The Labute approximate surface area is 136 Å². The SMILES string of the molecule is Cc1cnn(C[C@H]2CCCN2C(=O)c2ccc(N(C)C)nc2)c1. The lowest BCUT2D eigenvalue weighted by atomic mass is 10.2. The van der Waals surface area contributed by atoms with E-state index in [2.05, 4.69) is 10.1 Å². The molecule has 122 valence electrons. The highest BCUT2D eigenvalue weighted by Gasteiger charge is 2.30. The Balaban J connectivity index is 1.72. The van der Waals surface area contributed by atoms with Crippen molar-refractivity contribution in [2.45, 2.75) is 32.4 Å². The molecular weight excluding hydrogens is 290 g/mol. The first kappa shape index (κ1) is 15.5. The summed E-state index contributed by atoms with van der Waals surface area (Å²) in [4.78, 5) is 21.0. The van der Waals surface area contributed by atoms with E-state index in [4.69, 9.17) is 0 Å². The van der Waals surface area contributed by atoms with Crippen LogP contribution in [0.3, 0.4) is 0 Å². The molecule has 2 aromatic rings. The van der Waals surface area contributed by atoms with Gasteiger partial charge in [-0.3, -0.25) is 9.48 Å². The van der Waals surface area contributed by atoms with E-state index in [-0.39, 0.29) is 11.9 Å². The monoisotopic (exact) mass is 313 g/mol. The van der Waals surface area contributed by atoms with Crippen molar-refractivity contribution in [3.63, 3.8) is 0 Å². The molecule has 6 heteroatoms. The summed E-state index contributed by atoms with van der Waals surface area (Å²) in [7, 11) is 3.87. The van der Waals surface area contributed by atoms with Crippen molar-refractivity contribution in [3.8, 4) is 0 Å². The predicted molar refractivity (Wildman–Crippen MR) is 89.6 cm³/mol. The number of nitrogens with zero attached hydrogens (tertiary/aromatic N) is 5. The van der Waals surface area contributed by atoms with E-state index in [0.717, 1.165) is 37.3 Å².